The number of aliphatic hydroxyl groups is 1. The minimum absolute atomic E-state index is 0.181. The van der Waals surface area contributed by atoms with E-state index in [1.165, 1.54) is 0 Å². The minimum atomic E-state index is -0.395. The van der Waals surface area contributed by atoms with Gasteiger partial charge in [-0.3, -0.25) is 4.90 Å². The van der Waals surface area contributed by atoms with Crippen molar-refractivity contribution in [2.24, 2.45) is 0 Å². The quantitative estimate of drug-likeness (QED) is 0.765. The van der Waals surface area contributed by atoms with E-state index in [9.17, 15) is 5.11 Å². The van der Waals surface area contributed by atoms with Crippen LogP contribution < -0.4 is 0 Å². The largest absolute Gasteiger partial charge is 0.389 e. The van der Waals surface area contributed by atoms with E-state index >= 15 is 0 Å². The predicted molar refractivity (Wildman–Crippen MR) is 68.2 cm³/mol. The third kappa shape index (κ3) is 6.36. The van der Waals surface area contributed by atoms with Crippen molar-refractivity contribution < 1.29 is 14.6 Å². The SMILES string of the molecule is CCC1CN(CC(O)COC(C)C)CCCO1. The van der Waals surface area contributed by atoms with Crippen LogP contribution >= 0.6 is 0 Å². The van der Waals surface area contributed by atoms with E-state index in [-0.39, 0.29) is 6.10 Å². The highest BCUT2D eigenvalue weighted by Gasteiger charge is 2.19. The molecule has 0 bridgehead atoms. The molecule has 1 N–H and O–H groups in total. The van der Waals surface area contributed by atoms with Gasteiger partial charge in [-0.05, 0) is 26.7 Å². The number of hydrogen-bond acceptors (Lipinski definition) is 4. The molecule has 0 saturated carbocycles. The lowest BCUT2D eigenvalue weighted by molar-refractivity contribution is -0.0129. The molecule has 0 aromatic heterocycles. The van der Waals surface area contributed by atoms with E-state index in [4.69, 9.17) is 9.47 Å². The Hall–Kier alpha value is -0.160. The molecule has 2 atom stereocenters. The fraction of sp³-hybridized carbons (Fsp3) is 1.00. The average molecular weight is 245 g/mol. The van der Waals surface area contributed by atoms with Gasteiger partial charge < -0.3 is 14.6 Å². The molecule has 1 aliphatic heterocycles. The van der Waals surface area contributed by atoms with Gasteiger partial charge in [-0.2, -0.15) is 0 Å². The van der Waals surface area contributed by atoms with Crippen molar-refractivity contribution in [3.05, 3.63) is 0 Å². The maximum Gasteiger partial charge on any atom is 0.0900 e. The Morgan fingerprint density at radius 1 is 1.47 bits per heavy atom. The molecular formula is C13H27NO3. The molecule has 0 amide bonds. The van der Waals surface area contributed by atoms with E-state index < -0.39 is 6.10 Å². The van der Waals surface area contributed by atoms with Crippen molar-refractivity contribution in [1.29, 1.82) is 0 Å². The lowest BCUT2D eigenvalue weighted by atomic mass is 10.2. The molecule has 0 spiro atoms. The smallest absolute Gasteiger partial charge is 0.0900 e. The number of nitrogens with zero attached hydrogens (tertiary/aromatic N) is 1. The molecular weight excluding hydrogens is 218 g/mol. The molecule has 1 aliphatic rings. The van der Waals surface area contributed by atoms with Crippen LogP contribution in [-0.2, 0) is 9.47 Å². The zero-order chi connectivity index (χ0) is 12.7. The molecule has 1 rings (SSSR count). The van der Waals surface area contributed by atoms with Gasteiger partial charge in [0.25, 0.3) is 0 Å². The van der Waals surface area contributed by atoms with Gasteiger partial charge in [0.15, 0.2) is 0 Å². The monoisotopic (exact) mass is 245 g/mol. The summed E-state index contributed by atoms with van der Waals surface area (Å²) in [5, 5.41) is 9.89. The van der Waals surface area contributed by atoms with Gasteiger partial charge >= 0.3 is 0 Å². The second kappa shape index (κ2) is 8.03. The summed E-state index contributed by atoms with van der Waals surface area (Å²) in [6.45, 7) is 10.0. The maximum atomic E-state index is 9.89. The first-order chi connectivity index (χ1) is 8.11. The third-order valence-electron chi connectivity index (χ3n) is 2.98. The summed E-state index contributed by atoms with van der Waals surface area (Å²) in [7, 11) is 0. The Bertz CT molecular complexity index is 199. The first-order valence-electron chi connectivity index (χ1n) is 6.75. The standard InChI is InChI=1S/C13H27NO3/c1-4-13-9-14(6-5-7-16-13)8-12(15)10-17-11(2)3/h11-13,15H,4-10H2,1-3H3. The number of ether oxygens (including phenoxy) is 2. The van der Waals surface area contributed by atoms with Gasteiger partial charge in [0, 0.05) is 26.2 Å². The Kier molecular flexibility index (Phi) is 7.04. The first-order valence-corrected chi connectivity index (χ1v) is 6.75. The fourth-order valence-electron chi connectivity index (χ4n) is 2.04. The normalized spacial score (nSPS) is 24.9. The van der Waals surface area contributed by atoms with Gasteiger partial charge in [0.1, 0.15) is 0 Å². The summed E-state index contributed by atoms with van der Waals surface area (Å²) in [6, 6.07) is 0. The van der Waals surface area contributed by atoms with Crippen LogP contribution in [0.2, 0.25) is 0 Å². The van der Waals surface area contributed by atoms with Crippen molar-refractivity contribution in [3.8, 4) is 0 Å². The van der Waals surface area contributed by atoms with Gasteiger partial charge in [-0.25, -0.2) is 0 Å². The highest BCUT2D eigenvalue weighted by molar-refractivity contribution is 4.72. The number of hydrogen-bond donors (Lipinski definition) is 1. The minimum Gasteiger partial charge on any atom is -0.389 e. The van der Waals surface area contributed by atoms with Crippen LogP contribution in [0.25, 0.3) is 0 Å². The van der Waals surface area contributed by atoms with Crippen LogP contribution in [0.1, 0.15) is 33.6 Å². The molecule has 4 heteroatoms. The second-order valence-electron chi connectivity index (χ2n) is 5.05. The van der Waals surface area contributed by atoms with Crippen LogP contribution in [0, 0.1) is 0 Å². The van der Waals surface area contributed by atoms with Crippen LogP contribution in [0.5, 0.6) is 0 Å². The highest BCUT2D eigenvalue weighted by atomic mass is 16.5. The number of aliphatic hydroxyl groups excluding tert-OH is 1. The molecule has 0 aromatic carbocycles. The van der Waals surface area contributed by atoms with E-state index in [1.807, 2.05) is 13.8 Å². The molecule has 1 heterocycles. The van der Waals surface area contributed by atoms with Crippen molar-refractivity contribution >= 4 is 0 Å². The summed E-state index contributed by atoms with van der Waals surface area (Å²) in [5.41, 5.74) is 0. The average Bonchev–Trinajstić information content (AvgIpc) is 2.51. The predicted octanol–water partition coefficient (Wildman–Crippen LogP) is 1.27. The van der Waals surface area contributed by atoms with Crippen molar-refractivity contribution in [2.45, 2.75) is 51.9 Å². The van der Waals surface area contributed by atoms with Gasteiger partial charge in [0.2, 0.25) is 0 Å². The number of β-amino-alcohol motifs (C(OH)–C–C–N with tert-alkyl or cyclic N) is 1. The van der Waals surface area contributed by atoms with Gasteiger partial charge in [-0.1, -0.05) is 6.92 Å². The second-order valence-corrected chi connectivity index (χ2v) is 5.05. The molecule has 0 aromatic rings. The highest BCUT2D eigenvalue weighted by Crippen LogP contribution is 2.09. The van der Waals surface area contributed by atoms with E-state index in [0.717, 1.165) is 32.5 Å². The summed E-state index contributed by atoms with van der Waals surface area (Å²) in [5.74, 6) is 0. The molecule has 0 radical (unpaired) electrons. The molecule has 17 heavy (non-hydrogen) atoms. The maximum absolute atomic E-state index is 9.89. The van der Waals surface area contributed by atoms with Crippen LogP contribution in [0.4, 0.5) is 0 Å². The Balaban J connectivity index is 2.27. The molecule has 1 fully saturated rings. The molecule has 4 nitrogen and oxygen atoms in total. The van der Waals surface area contributed by atoms with Crippen molar-refractivity contribution in [1.82, 2.24) is 4.90 Å². The summed E-state index contributed by atoms with van der Waals surface area (Å²) < 4.78 is 11.1. The Morgan fingerprint density at radius 2 is 2.24 bits per heavy atom. The molecule has 0 aliphatic carbocycles. The Labute approximate surface area is 105 Å². The third-order valence-corrected chi connectivity index (χ3v) is 2.98. The van der Waals surface area contributed by atoms with Crippen molar-refractivity contribution in [2.75, 3.05) is 32.8 Å². The van der Waals surface area contributed by atoms with Gasteiger partial charge in [0.05, 0.1) is 24.9 Å². The lowest BCUT2D eigenvalue weighted by Crippen LogP contribution is -2.39. The zero-order valence-corrected chi connectivity index (χ0v) is 11.4. The first kappa shape index (κ1) is 14.9. The van der Waals surface area contributed by atoms with E-state index in [1.54, 1.807) is 0 Å². The fourth-order valence-corrected chi connectivity index (χ4v) is 2.04. The van der Waals surface area contributed by atoms with Crippen molar-refractivity contribution in [3.63, 3.8) is 0 Å². The molecule has 2 unspecified atom stereocenters. The lowest BCUT2D eigenvalue weighted by Gasteiger charge is -2.25. The summed E-state index contributed by atoms with van der Waals surface area (Å²) in [6.07, 6.45) is 2.19. The zero-order valence-electron chi connectivity index (χ0n) is 11.4. The van der Waals surface area contributed by atoms with Crippen LogP contribution in [0.15, 0.2) is 0 Å². The topological polar surface area (TPSA) is 41.9 Å². The molecule has 102 valence electrons. The van der Waals surface area contributed by atoms with E-state index in [2.05, 4.69) is 11.8 Å². The number of rotatable bonds is 6. The Morgan fingerprint density at radius 3 is 2.88 bits per heavy atom. The van der Waals surface area contributed by atoms with Gasteiger partial charge in [-0.15, -0.1) is 0 Å². The van der Waals surface area contributed by atoms with E-state index in [0.29, 0.717) is 19.3 Å². The molecule has 1 saturated heterocycles. The summed E-state index contributed by atoms with van der Waals surface area (Å²) >= 11 is 0. The van der Waals surface area contributed by atoms with Crippen LogP contribution in [0.3, 0.4) is 0 Å². The van der Waals surface area contributed by atoms with Crippen LogP contribution in [-0.4, -0.2) is 61.2 Å². The summed E-state index contributed by atoms with van der Waals surface area (Å²) in [4.78, 5) is 2.29.